The minimum atomic E-state index is -0.390. The Morgan fingerprint density at radius 1 is 1.00 bits per heavy atom. The second-order valence-corrected chi connectivity index (χ2v) is 6.45. The monoisotopic (exact) mass is 414 g/mol. The van der Waals surface area contributed by atoms with Crippen molar-refractivity contribution in [2.24, 2.45) is 5.10 Å². The average Bonchev–Trinajstić information content (AvgIpc) is 3.30. The fourth-order valence-corrected chi connectivity index (χ4v) is 2.86. The van der Waals surface area contributed by atoms with Gasteiger partial charge in [0, 0.05) is 16.7 Å². The van der Waals surface area contributed by atoms with Crippen LogP contribution in [0.3, 0.4) is 0 Å². The molecule has 0 radical (unpaired) electrons. The van der Waals surface area contributed by atoms with E-state index in [4.69, 9.17) is 9.15 Å². The average molecular weight is 414 g/mol. The third-order valence-corrected chi connectivity index (χ3v) is 4.46. The number of hydrogen-bond acceptors (Lipinski definition) is 7. The Kier molecular flexibility index (Phi) is 5.70. The Hall–Kier alpha value is -4.46. The van der Waals surface area contributed by atoms with Crippen molar-refractivity contribution in [1.29, 1.82) is 0 Å². The maximum Gasteiger partial charge on any atom is 0.271 e. The minimum Gasteiger partial charge on any atom is -0.507 e. The zero-order chi connectivity index (χ0) is 21.6. The first-order chi connectivity index (χ1) is 15.2. The third-order valence-electron chi connectivity index (χ3n) is 4.46. The molecule has 4 aromatic rings. The normalized spacial score (nSPS) is 10.9. The van der Waals surface area contributed by atoms with Crippen LogP contribution in [0.25, 0.3) is 22.9 Å². The van der Waals surface area contributed by atoms with Crippen LogP contribution in [-0.4, -0.2) is 34.5 Å². The molecule has 0 fully saturated rings. The Balaban J connectivity index is 1.45. The van der Waals surface area contributed by atoms with Crippen molar-refractivity contribution in [3.05, 3.63) is 83.9 Å². The summed E-state index contributed by atoms with van der Waals surface area (Å²) in [5.74, 6) is 0.989. The number of methoxy groups -OCH3 is 1. The lowest BCUT2D eigenvalue weighted by Gasteiger charge is -2.03. The molecular weight excluding hydrogens is 396 g/mol. The topological polar surface area (TPSA) is 110 Å². The molecule has 31 heavy (non-hydrogen) atoms. The molecule has 0 aliphatic carbocycles. The van der Waals surface area contributed by atoms with E-state index in [2.05, 4.69) is 20.7 Å². The molecule has 1 amide bonds. The van der Waals surface area contributed by atoms with Gasteiger partial charge in [0.05, 0.1) is 18.9 Å². The molecule has 1 aromatic heterocycles. The number of carbonyl (C=O) groups excluding carboxylic acids is 1. The molecule has 0 atom stereocenters. The van der Waals surface area contributed by atoms with Gasteiger partial charge in [-0.05, 0) is 48.5 Å². The van der Waals surface area contributed by atoms with Crippen LogP contribution < -0.4 is 10.2 Å². The van der Waals surface area contributed by atoms with Crippen LogP contribution in [0.4, 0.5) is 0 Å². The summed E-state index contributed by atoms with van der Waals surface area (Å²) in [5, 5.41) is 21.8. The number of benzene rings is 3. The molecule has 0 aliphatic rings. The quantitative estimate of drug-likeness (QED) is 0.366. The molecule has 0 aliphatic heterocycles. The van der Waals surface area contributed by atoms with Crippen molar-refractivity contribution in [1.82, 2.24) is 15.6 Å². The summed E-state index contributed by atoms with van der Waals surface area (Å²) in [6, 6.07) is 20.7. The van der Waals surface area contributed by atoms with Crippen molar-refractivity contribution >= 4 is 12.1 Å². The van der Waals surface area contributed by atoms with Gasteiger partial charge in [-0.25, -0.2) is 5.43 Å². The molecule has 0 saturated heterocycles. The van der Waals surface area contributed by atoms with Crippen molar-refractivity contribution in [2.75, 3.05) is 7.11 Å². The second kappa shape index (κ2) is 8.91. The zero-order valence-electron chi connectivity index (χ0n) is 16.5. The summed E-state index contributed by atoms with van der Waals surface area (Å²) in [5.41, 5.74) is 4.70. The van der Waals surface area contributed by atoms with Gasteiger partial charge in [0.25, 0.3) is 11.8 Å². The van der Waals surface area contributed by atoms with Gasteiger partial charge in [-0.3, -0.25) is 4.79 Å². The van der Waals surface area contributed by atoms with Crippen molar-refractivity contribution in [2.45, 2.75) is 0 Å². The Morgan fingerprint density at radius 2 is 1.71 bits per heavy atom. The van der Waals surface area contributed by atoms with Gasteiger partial charge >= 0.3 is 0 Å². The summed E-state index contributed by atoms with van der Waals surface area (Å²) in [4.78, 5) is 12.3. The van der Waals surface area contributed by atoms with Crippen LogP contribution in [0.1, 0.15) is 15.9 Å². The largest absolute Gasteiger partial charge is 0.507 e. The highest BCUT2D eigenvalue weighted by Crippen LogP contribution is 2.30. The molecule has 0 bridgehead atoms. The van der Waals surface area contributed by atoms with E-state index in [0.717, 1.165) is 0 Å². The van der Waals surface area contributed by atoms with E-state index in [9.17, 15) is 9.90 Å². The van der Waals surface area contributed by atoms with Gasteiger partial charge < -0.3 is 14.3 Å². The molecule has 8 heteroatoms. The molecule has 1 heterocycles. The molecule has 154 valence electrons. The van der Waals surface area contributed by atoms with E-state index in [1.54, 1.807) is 55.6 Å². The lowest BCUT2D eigenvalue weighted by atomic mass is 10.1. The van der Waals surface area contributed by atoms with Crippen LogP contribution in [0, 0.1) is 0 Å². The predicted molar refractivity (Wildman–Crippen MR) is 115 cm³/mol. The minimum absolute atomic E-state index is 0.0805. The molecule has 0 saturated carbocycles. The number of ether oxygens (including phenoxy) is 1. The standard InChI is InChI=1S/C23H18N4O4/c1-30-20-9-5-3-7-18(20)23-27-26-22(31-23)16-12-10-15(11-13-16)21(29)25-24-14-17-6-2-4-8-19(17)28/h2-14,28H,1H3,(H,25,29)/b24-14+. The van der Waals surface area contributed by atoms with Gasteiger partial charge in [-0.2, -0.15) is 5.10 Å². The molecule has 4 rings (SSSR count). The van der Waals surface area contributed by atoms with Crippen LogP contribution >= 0.6 is 0 Å². The number of hydrogen-bond donors (Lipinski definition) is 2. The molecule has 3 aromatic carbocycles. The van der Waals surface area contributed by atoms with Gasteiger partial charge in [-0.15, -0.1) is 10.2 Å². The Morgan fingerprint density at radius 3 is 2.48 bits per heavy atom. The van der Waals surface area contributed by atoms with Gasteiger partial charge in [-0.1, -0.05) is 24.3 Å². The molecule has 8 nitrogen and oxygen atoms in total. The first-order valence-electron chi connectivity index (χ1n) is 9.34. The molecule has 2 N–H and O–H groups in total. The van der Waals surface area contributed by atoms with Gasteiger partial charge in [0.1, 0.15) is 11.5 Å². The second-order valence-electron chi connectivity index (χ2n) is 6.45. The lowest BCUT2D eigenvalue weighted by molar-refractivity contribution is 0.0955. The number of hydrazone groups is 1. The summed E-state index contributed by atoms with van der Waals surface area (Å²) >= 11 is 0. The van der Waals surface area contributed by atoms with Crippen LogP contribution in [0.15, 0.2) is 82.3 Å². The van der Waals surface area contributed by atoms with E-state index in [1.807, 2.05) is 24.3 Å². The van der Waals surface area contributed by atoms with Gasteiger partial charge in [0.15, 0.2) is 0 Å². The van der Waals surface area contributed by atoms with Crippen molar-refractivity contribution in [3.8, 4) is 34.4 Å². The smallest absolute Gasteiger partial charge is 0.271 e. The Labute approximate surface area is 177 Å². The fraction of sp³-hybridized carbons (Fsp3) is 0.0435. The zero-order valence-corrected chi connectivity index (χ0v) is 16.5. The number of aromatic nitrogens is 2. The van der Waals surface area contributed by atoms with Crippen molar-refractivity contribution < 1.29 is 19.1 Å². The summed E-state index contributed by atoms with van der Waals surface area (Å²) in [6.07, 6.45) is 1.37. The number of phenols is 1. The third kappa shape index (κ3) is 4.43. The first kappa shape index (κ1) is 19.8. The fourth-order valence-electron chi connectivity index (χ4n) is 2.86. The molecule has 0 spiro atoms. The molecule has 0 unspecified atom stereocenters. The number of carbonyl (C=O) groups is 1. The predicted octanol–water partition coefficient (Wildman–Crippen LogP) is 3.88. The highest BCUT2D eigenvalue weighted by molar-refractivity contribution is 5.95. The van der Waals surface area contributed by atoms with Crippen LogP contribution in [0.2, 0.25) is 0 Å². The summed E-state index contributed by atoms with van der Waals surface area (Å²) in [7, 11) is 1.58. The highest BCUT2D eigenvalue weighted by atomic mass is 16.5. The number of nitrogens with zero attached hydrogens (tertiary/aromatic N) is 3. The maximum absolute atomic E-state index is 12.3. The van der Waals surface area contributed by atoms with Crippen molar-refractivity contribution in [3.63, 3.8) is 0 Å². The number of para-hydroxylation sites is 2. The van der Waals surface area contributed by atoms with E-state index in [1.165, 1.54) is 6.21 Å². The lowest BCUT2D eigenvalue weighted by Crippen LogP contribution is -2.17. The highest BCUT2D eigenvalue weighted by Gasteiger charge is 2.14. The SMILES string of the molecule is COc1ccccc1-c1nnc(-c2ccc(C(=O)N/N=C/c3ccccc3O)cc2)o1. The summed E-state index contributed by atoms with van der Waals surface area (Å²) in [6.45, 7) is 0. The maximum atomic E-state index is 12.3. The Bertz CT molecular complexity index is 1230. The number of nitrogens with one attached hydrogen (secondary N) is 1. The number of amides is 1. The van der Waals surface area contributed by atoms with E-state index < -0.39 is 5.91 Å². The molecular formula is C23H18N4O4. The van der Waals surface area contributed by atoms with Crippen LogP contribution in [-0.2, 0) is 0 Å². The van der Waals surface area contributed by atoms with E-state index in [-0.39, 0.29) is 5.75 Å². The summed E-state index contributed by atoms with van der Waals surface area (Å²) < 4.78 is 11.1. The first-order valence-corrected chi connectivity index (χ1v) is 9.34. The number of phenolic OH excluding ortho intramolecular Hbond substituents is 1. The number of aromatic hydroxyl groups is 1. The van der Waals surface area contributed by atoms with E-state index in [0.29, 0.717) is 39.8 Å². The van der Waals surface area contributed by atoms with E-state index >= 15 is 0 Å². The van der Waals surface area contributed by atoms with Gasteiger partial charge in [0.2, 0.25) is 5.89 Å². The van der Waals surface area contributed by atoms with Crippen LogP contribution in [0.5, 0.6) is 11.5 Å². The number of rotatable bonds is 6.